The van der Waals surface area contributed by atoms with E-state index < -0.39 is 0 Å². The van der Waals surface area contributed by atoms with Gasteiger partial charge < -0.3 is 25.4 Å². The first kappa shape index (κ1) is 24.7. The predicted octanol–water partition coefficient (Wildman–Crippen LogP) is 2.41. The average molecular weight is 478 g/mol. The van der Waals surface area contributed by atoms with Crippen LogP contribution in [0.2, 0.25) is 0 Å². The fraction of sp³-hybridized carbons (Fsp3) is 0.423. The van der Waals surface area contributed by atoms with E-state index in [-0.39, 0.29) is 23.4 Å². The number of pyridine rings is 1. The fourth-order valence-corrected chi connectivity index (χ4v) is 4.21. The Morgan fingerprint density at radius 3 is 2.57 bits per heavy atom. The van der Waals surface area contributed by atoms with Crippen molar-refractivity contribution in [1.29, 1.82) is 0 Å². The maximum absolute atomic E-state index is 12.9. The molecule has 1 aromatic carbocycles. The molecule has 9 nitrogen and oxygen atoms in total. The van der Waals surface area contributed by atoms with Gasteiger partial charge in [0.25, 0.3) is 11.5 Å². The van der Waals surface area contributed by atoms with Crippen molar-refractivity contribution in [2.24, 2.45) is 4.99 Å². The lowest BCUT2D eigenvalue weighted by Crippen LogP contribution is -2.45. The molecule has 1 atom stereocenters. The Labute approximate surface area is 206 Å². The Bertz CT molecular complexity index is 1130. The van der Waals surface area contributed by atoms with Crippen LogP contribution >= 0.6 is 0 Å². The minimum atomic E-state index is -0.350. The number of carbonyl (C=O) groups excluding carboxylic acids is 1. The van der Waals surface area contributed by atoms with Gasteiger partial charge in [0.15, 0.2) is 6.29 Å². The van der Waals surface area contributed by atoms with E-state index in [4.69, 9.17) is 0 Å². The molecule has 9 heteroatoms. The summed E-state index contributed by atoms with van der Waals surface area (Å²) >= 11 is 0. The summed E-state index contributed by atoms with van der Waals surface area (Å²) in [7, 11) is 6.09. The highest BCUT2D eigenvalue weighted by Gasteiger charge is 2.19. The minimum absolute atomic E-state index is 0.204. The number of benzene rings is 1. The van der Waals surface area contributed by atoms with Gasteiger partial charge in [-0.05, 0) is 76.8 Å². The minimum Gasteiger partial charge on any atom is -0.372 e. The number of nitrogens with zero attached hydrogens (tertiary/aromatic N) is 4. The van der Waals surface area contributed by atoms with Crippen molar-refractivity contribution in [2.75, 3.05) is 57.5 Å². The molecule has 35 heavy (non-hydrogen) atoms. The number of nitrogens with one attached hydrogen (secondary N) is 3. The lowest BCUT2D eigenvalue weighted by Gasteiger charge is -2.30. The third kappa shape index (κ3) is 6.37. The molecule has 0 bridgehead atoms. The van der Waals surface area contributed by atoms with Crippen molar-refractivity contribution in [2.45, 2.75) is 25.6 Å². The van der Waals surface area contributed by atoms with Gasteiger partial charge in [-0.1, -0.05) is 0 Å². The largest absolute Gasteiger partial charge is 0.372 e. The molecule has 186 valence electrons. The first-order valence-corrected chi connectivity index (χ1v) is 12.1. The van der Waals surface area contributed by atoms with Crippen LogP contribution in [0, 0.1) is 0 Å². The number of likely N-dealkylation sites (N-methyl/N-ethyl adjacent to an activating group) is 2. The zero-order valence-electron chi connectivity index (χ0n) is 20.8. The van der Waals surface area contributed by atoms with Crippen LogP contribution in [0.4, 0.5) is 11.4 Å². The molecule has 0 aliphatic carbocycles. The predicted molar refractivity (Wildman–Crippen MR) is 142 cm³/mol. The van der Waals surface area contributed by atoms with E-state index in [9.17, 15) is 9.59 Å². The van der Waals surface area contributed by atoms with E-state index in [1.165, 1.54) is 19.3 Å². The van der Waals surface area contributed by atoms with E-state index in [1.54, 1.807) is 18.5 Å². The normalized spacial score (nSPS) is 17.9. The highest BCUT2D eigenvalue weighted by molar-refractivity contribution is 6.04. The molecule has 1 aromatic heterocycles. The number of hydrogen-bond acceptors (Lipinski definition) is 7. The topological polar surface area (TPSA) is 96.1 Å². The van der Waals surface area contributed by atoms with Crippen LogP contribution in [0.1, 0.15) is 35.2 Å². The molecular formula is C26H35N7O2. The first-order chi connectivity index (χ1) is 16.9. The van der Waals surface area contributed by atoms with Gasteiger partial charge in [0.05, 0.1) is 0 Å². The number of piperidine rings is 1. The number of amides is 1. The SMILES string of the molecule is CN(C)CCN(C)C1N=CC=C(c2c[nH]c(=O)c(NC(=O)c3ccc(N4CCCCC4)cc3)c2)N1. The molecule has 1 amide bonds. The lowest BCUT2D eigenvalue weighted by molar-refractivity contribution is 0.102. The maximum atomic E-state index is 12.9. The number of anilines is 2. The Balaban J connectivity index is 1.43. The number of carbonyl (C=O) groups is 1. The van der Waals surface area contributed by atoms with Crippen LogP contribution in [0.25, 0.3) is 5.70 Å². The molecule has 3 heterocycles. The highest BCUT2D eigenvalue weighted by atomic mass is 16.2. The first-order valence-electron chi connectivity index (χ1n) is 12.1. The van der Waals surface area contributed by atoms with Gasteiger partial charge in [-0.15, -0.1) is 0 Å². The van der Waals surface area contributed by atoms with E-state index in [0.29, 0.717) is 5.56 Å². The van der Waals surface area contributed by atoms with Gasteiger partial charge in [0.2, 0.25) is 0 Å². The van der Waals surface area contributed by atoms with Gasteiger partial charge in [-0.3, -0.25) is 19.5 Å². The van der Waals surface area contributed by atoms with Crippen LogP contribution in [-0.2, 0) is 0 Å². The molecule has 0 saturated carbocycles. The van der Waals surface area contributed by atoms with Crippen molar-refractivity contribution in [3.05, 3.63) is 64.1 Å². The Hall–Kier alpha value is -3.43. The smallest absolute Gasteiger partial charge is 0.271 e. The average Bonchev–Trinajstić information content (AvgIpc) is 2.89. The van der Waals surface area contributed by atoms with Crippen LogP contribution < -0.4 is 21.1 Å². The van der Waals surface area contributed by atoms with E-state index in [0.717, 1.165) is 43.1 Å². The van der Waals surface area contributed by atoms with Crippen molar-refractivity contribution in [1.82, 2.24) is 20.1 Å². The van der Waals surface area contributed by atoms with Gasteiger partial charge in [-0.25, -0.2) is 0 Å². The van der Waals surface area contributed by atoms with Gasteiger partial charge >= 0.3 is 0 Å². The number of rotatable bonds is 8. The van der Waals surface area contributed by atoms with Crippen LogP contribution in [0.3, 0.4) is 0 Å². The Morgan fingerprint density at radius 2 is 1.86 bits per heavy atom. The molecule has 3 N–H and O–H groups in total. The monoisotopic (exact) mass is 477 g/mol. The third-order valence-electron chi connectivity index (χ3n) is 6.38. The molecule has 0 radical (unpaired) electrons. The fourth-order valence-electron chi connectivity index (χ4n) is 4.21. The second kappa shape index (κ2) is 11.3. The number of aromatic nitrogens is 1. The lowest BCUT2D eigenvalue weighted by atomic mass is 10.1. The molecule has 0 spiro atoms. The summed E-state index contributed by atoms with van der Waals surface area (Å²) in [6.45, 7) is 3.86. The molecule has 2 aliphatic rings. The standard InChI is InChI=1S/C26H35N7O2/c1-31(2)15-16-32(3)26-27-12-11-22(30-26)20-17-23(25(35)28-18-20)29-24(34)19-7-9-21(10-8-19)33-13-5-4-6-14-33/h7-12,17-18,26,30H,4-6,13-16H2,1-3H3,(H,28,35)(H,29,34). The molecule has 4 rings (SSSR count). The number of aromatic amines is 1. The summed E-state index contributed by atoms with van der Waals surface area (Å²) in [5, 5.41) is 6.16. The molecule has 1 fully saturated rings. The summed E-state index contributed by atoms with van der Waals surface area (Å²) < 4.78 is 0. The zero-order chi connectivity index (χ0) is 24.8. The summed E-state index contributed by atoms with van der Waals surface area (Å²) in [5.41, 5.74) is 3.08. The van der Waals surface area contributed by atoms with Crippen molar-refractivity contribution in [3.8, 4) is 0 Å². The summed E-state index contributed by atoms with van der Waals surface area (Å²) in [4.78, 5) is 39.1. The molecule has 2 aromatic rings. The zero-order valence-corrected chi connectivity index (χ0v) is 20.8. The van der Waals surface area contributed by atoms with Crippen LogP contribution in [-0.4, -0.2) is 80.5 Å². The quantitative estimate of drug-likeness (QED) is 0.541. The highest BCUT2D eigenvalue weighted by Crippen LogP contribution is 2.21. The summed E-state index contributed by atoms with van der Waals surface area (Å²) in [5.74, 6) is -0.314. The van der Waals surface area contributed by atoms with E-state index in [1.807, 2.05) is 51.5 Å². The van der Waals surface area contributed by atoms with E-state index in [2.05, 4.69) is 35.3 Å². The van der Waals surface area contributed by atoms with Gasteiger partial charge in [0, 0.05) is 61.1 Å². The second-order valence-corrected chi connectivity index (χ2v) is 9.36. The maximum Gasteiger partial charge on any atom is 0.271 e. The molecule has 1 saturated heterocycles. The van der Waals surface area contributed by atoms with Gasteiger partial charge in [0.1, 0.15) is 5.69 Å². The van der Waals surface area contributed by atoms with E-state index >= 15 is 0 Å². The number of allylic oxidation sites excluding steroid dienone is 1. The van der Waals surface area contributed by atoms with Crippen molar-refractivity contribution < 1.29 is 4.79 Å². The molecule has 1 unspecified atom stereocenters. The second-order valence-electron chi connectivity index (χ2n) is 9.36. The van der Waals surface area contributed by atoms with Gasteiger partial charge in [-0.2, -0.15) is 0 Å². The Kier molecular flexibility index (Phi) is 7.99. The van der Waals surface area contributed by atoms with Crippen LogP contribution in [0.15, 0.2) is 52.4 Å². The van der Waals surface area contributed by atoms with Crippen molar-refractivity contribution in [3.63, 3.8) is 0 Å². The van der Waals surface area contributed by atoms with Crippen molar-refractivity contribution >= 4 is 29.2 Å². The summed E-state index contributed by atoms with van der Waals surface area (Å²) in [6.07, 6.45) is 8.72. The number of H-pyrrole nitrogens is 1. The number of hydrogen-bond donors (Lipinski definition) is 3. The number of aliphatic imine (C=N–C) groups is 1. The molecule has 2 aliphatic heterocycles. The third-order valence-corrected chi connectivity index (χ3v) is 6.38. The summed E-state index contributed by atoms with van der Waals surface area (Å²) in [6, 6.07) is 9.27. The molecular weight excluding hydrogens is 442 g/mol. The Morgan fingerprint density at radius 1 is 1.11 bits per heavy atom. The van der Waals surface area contributed by atoms with Crippen LogP contribution in [0.5, 0.6) is 0 Å².